The molecule has 8 heavy (non-hydrogen) atoms. The molecule has 0 amide bonds. The van der Waals surface area contributed by atoms with Gasteiger partial charge in [0.15, 0.2) is 0 Å². The van der Waals surface area contributed by atoms with Crippen LogP contribution < -0.4 is 4.72 Å². The Morgan fingerprint density at radius 1 is 2.00 bits per heavy atom. The summed E-state index contributed by atoms with van der Waals surface area (Å²) in [6, 6.07) is 0.220. The van der Waals surface area contributed by atoms with Crippen LogP contribution in [0.2, 0.25) is 0 Å². The van der Waals surface area contributed by atoms with Gasteiger partial charge >= 0.3 is 5.97 Å². The second kappa shape index (κ2) is 2.37. The van der Waals surface area contributed by atoms with E-state index in [0.717, 1.165) is 5.75 Å². The number of carboxylic acid groups (broad SMARTS) is 1. The number of rotatable bonds is 2. The predicted octanol–water partition coefficient (Wildman–Crippen LogP) is 0.0811. The minimum atomic E-state index is -0.720. The lowest BCUT2D eigenvalue weighted by Crippen LogP contribution is -2.38. The zero-order valence-electron chi connectivity index (χ0n) is 4.26. The normalized spacial score (nSPS) is 26.8. The predicted molar refractivity (Wildman–Crippen MR) is 31.6 cm³/mol. The average Bonchev–Trinajstić information content (AvgIpc) is 1.55. The highest BCUT2D eigenvalue weighted by Crippen LogP contribution is 2.14. The molecule has 1 fully saturated rings. The van der Waals surface area contributed by atoms with Crippen LogP contribution in [0.4, 0.5) is 0 Å². The fourth-order valence-electron chi connectivity index (χ4n) is 0.513. The van der Waals surface area contributed by atoms with Gasteiger partial charge in [-0.3, -0.25) is 9.52 Å². The molecule has 2 N–H and O–H groups in total. The van der Waals surface area contributed by atoms with Gasteiger partial charge in [-0.1, -0.05) is 11.9 Å². The maximum absolute atomic E-state index is 9.95. The van der Waals surface area contributed by atoms with Gasteiger partial charge in [0.05, 0.1) is 6.42 Å². The van der Waals surface area contributed by atoms with Crippen molar-refractivity contribution in [1.29, 1.82) is 0 Å². The summed E-state index contributed by atoms with van der Waals surface area (Å²) in [5.74, 6) is 0.217. The molecule has 1 rings (SSSR count). The maximum Gasteiger partial charge on any atom is 0.304 e. The molecule has 0 saturated carbocycles. The lowest BCUT2D eigenvalue weighted by Gasteiger charge is -2.24. The first-order valence-corrected chi connectivity index (χ1v) is 3.36. The van der Waals surface area contributed by atoms with Crippen molar-refractivity contribution < 1.29 is 9.90 Å². The highest BCUT2D eigenvalue weighted by atomic mass is 32.2. The van der Waals surface area contributed by atoms with Gasteiger partial charge in [-0.25, -0.2) is 0 Å². The molecule has 0 aromatic heterocycles. The standard InChI is InChI=1S/C4H7NO2S/c6-4(7)1-3-2-8-5-3/h3,5H,1-2H2,(H,6,7). The van der Waals surface area contributed by atoms with Crippen LogP contribution in [0.25, 0.3) is 0 Å². The average molecular weight is 133 g/mol. The molecular formula is C4H7NO2S. The number of carbonyl (C=O) groups is 1. The zero-order chi connectivity index (χ0) is 5.98. The van der Waals surface area contributed by atoms with Gasteiger partial charge in [-0.05, 0) is 0 Å². The van der Waals surface area contributed by atoms with E-state index < -0.39 is 5.97 Å². The van der Waals surface area contributed by atoms with Gasteiger partial charge in [0.25, 0.3) is 0 Å². The molecule has 0 aromatic rings. The van der Waals surface area contributed by atoms with Crippen LogP contribution in [-0.4, -0.2) is 22.9 Å². The number of nitrogens with one attached hydrogen (secondary N) is 1. The second-order valence-electron chi connectivity index (χ2n) is 1.72. The Bertz CT molecular complexity index is 102. The molecule has 1 aliphatic rings. The van der Waals surface area contributed by atoms with E-state index in [4.69, 9.17) is 5.11 Å². The summed E-state index contributed by atoms with van der Waals surface area (Å²) in [5.41, 5.74) is 0. The number of hydrogen-bond donors (Lipinski definition) is 2. The largest absolute Gasteiger partial charge is 0.481 e. The van der Waals surface area contributed by atoms with E-state index in [2.05, 4.69) is 4.72 Å². The van der Waals surface area contributed by atoms with Gasteiger partial charge in [0.1, 0.15) is 0 Å². The molecule has 1 aliphatic heterocycles. The SMILES string of the molecule is O=C(O)CC1CSN1. The van der Waals surface area contributed by atoms with E-state index in [1.807, 2.05) is 0 Å². The smallest absolute Gasteiger partial charge is 0.304 e. The van der Waals surface area contributed by atoms with E-state index >= 15 is 0 Å². The van der Waals surface area contributed by atoms with E-state index in [9.17, 15) is 4.79 Å². The molecule has 0 radical (unpaired) electrons. The Labute approximate surface area is 51.6 Å². The van der Waals surface area contributed by atoms with Crippen LogP contribution in [0.3, 0.4) is 0 Å². The van der Waals surface area contributed by atoms with Gasteiger partial charge in [0.2, 0.25) is 0 Å². The summed E-state index contributed by atoms with van der Waals surface area (Å²) < 4.78 is 2.91. The van der Waals surface area contributed by atoms with E-state index in [1.165, 1.54) is 0 Å². The lowest BCUT2D eigenvalue weighted by atomic mass is 10.2. The summed E-state index contributed by atoms with van der Waals surface area (Å²) in [7, 11) is 0. The molecule has 3 nitrogen and oxygen atoms in total. The first-order valence-electron chi connectivity index (χ1n) is 2.38. The van der Waals surface area contributed by atoms with Crippen molar-refractivity contribution in [3.05, 3.63) is 0 Å². The van der Waals surface area contributed by atoms with Crippen molar-refractivity contribution in [1.82, 2.24) is 4.72 Å². The molecule has 1 unspecified atom stereocenters. The number of hydrogen-bond acceptors (Lipinski definition) is 3. The third-order valence-electron chi connectivity index (χ3n) is 0.956. The van der Waals surface area contributed by atoms with Gasteiger partial charge in [0, 0.05) is 11.8 Å². The molecule has 1 saturated heterocycles. The van der Waals surface area contributed by atoms with Crippen LogP contribution in [0, 0.1) is 0 Å². The van der Waals surface area contributed by atoms with E-state index in [1.54, 1.807) is 11.9 Å². The number of carboxylic acids is 1. The molecule has 1 heterocycles. The van der Waals surface area contributed by atoms with Crippen LogP contribution in [-0.2, 0) is 4.79 Å². The molecule has 0 aromatic carbocycles. The summed E-state index contributed by atoms with van der Waals surface area (Å²) in [5, 5.41) is 8.20. The zero-order valence-corrected chi connectivity index (χ0v) is 5.07. The Balaban J connectivity index is 2.09. The van der Waals surface area contributed by atoms with Crippen molar-refractivity contribution >= 4 is 17.9 Å². The van der Waals surface area contributed by atoms with Gasteiger partial charge < -0.3 is 5.11 Å². The highest BCUT2D eigenvalue weighted by molar-refractivity contribution is 7.98. The summed E-state index contributed by atoms with van der Waals surface area (Å²) >= 11 is 1.57. The van der Waals surface area contributed by atoms with Crippen molar-refractivity contribution in [3.63, 3.8) is 0 Å². The van der Waals surface area contributed by atoms with Crippen molar-refractivity contribution in [3.8, 4) is 0 Å². The van der Waals surface area contributed by atoms with Crippen molar-refractivity contribution in [2.45, 2.75) is 12.5 Å². The third kappa shape index (κ3) is 1.38. The molecular weight excluding hydrogens is 126 g/mol. The third-order valence-corrected chi connectivity index (χ3v) is 2.02. The minimum absolute atomic E-state index is 0.220. The molecule has 46 valence electrons. The minimum Gasteiger partial charge on any atom is -0.481 e. The fraction of sp³-hybridized carbons (Fsp3) is 0.750. The second-order valence-corrected chi connectivity index (χ2v) is 2.58. The molecule has 0 bridgehead atoms. The topological polar surface area (TPSA) is 49.3 Å². The van der Waals surface area contributed by atoms with Crippen molar-refractivity contribution in [2.75, 3.05) is 5.75 Å². The quantitative estimate of drug-likeness (QED) is 0.524. The van der Waals surface area contributed by atoms with E-state index in [-0.39, 0.29) is 12.5 Å². The summed E-state index contributed by atoms with van der Waals surface area (Å²) in [6.07, 6.45) is 0.257. The van der Waals surface area contributed by atoms with Crippen molar-refractivity contribution in [2.24, 2.45) is 0 Å². The Kier molecular flexibility index (Phi) is 1.75. The Morgan fingerprint density at radius 3 is 2.75 bits per heavy atom. The Hall–Kier alpha value is -0.220. The van der Waals surface area contributed by atoms with Crippen LogP contribution >= 0.6 is 11.9 Å². The highest BCUT2D eigenvalue weighted by Gasteiger charge is 2.19. The molecule has 0 aliphatic carbocycles. The Morgan fingerprint density at radius 2 is 2.62 bits per heavy atom. The maximum atomic E-state index is 9.95. The van der Waals surface area contributed by atoms with Crippen LogP contribution in [0.15, 0.2) is 0 Å². The lowest BCUT2D eigenvalue weighted by molar-refractivity contribution is -0.137. The van der Waals surface area contributed by atoms with Crippen LogP contribution in [0.5, 0.6) is 0 Å². The summed E-state index contributed by atoms with van der Waals surface area (Å²) in [6.45, 7) is 0. The monoisotopic (exact) mass is 133 g/mol. The first-order chi connectivity index (χ1) is 3.79. The van der Waals surface area contributed by atoms with E-state index in [0.29, 0.717) is 0 Å². The first kappa shape index (κ1) is 5.91. The summed E-state index contributed by atoms with van der Waals surface area (Å²) in [4.78, 5) is 9.95. The molecule has 4 heteroatoms. The fourth-order valence-corrected chi connectivity index (χ4v) is 1.12. The van der Waals surface area contributed by atoms with Crippen LogP contribution in [0.1, 0.15) is 6.42 Å². The number of aliphatic carboxylic acids is 1. The van der Waals surface area contributed by atoms with Gasteiger partial charge in [-0.2, -0.15) is 0 Å². The molecule has 1 atom stereocenters. The molecule has 0 spiro atoms. The van der Waals surface area contributed by atoms with Gasteiger partial charge in [-0.15, -0.1) is 0 Å².